The molecule has 4 aromatic heterocycles. The molecule has 12 nitrogen and oxygen atoms in total. The van der Waals surface area contributed by atoms with Gasteiger partial charge in [0.05, 0.1) is 34.8 Å². The average Bonchev–Trinajstić information content (AvgIpc) is 3.68. The minimum Gasteiger partial charge on any atom is -0.450 e. The molecule has 1 aliphatic heterocycles. The van der Waals surface area contributed by atoms with Crippen LogP contribution in [0.2, 0.25) is 0 Å². The maximum atomic E-state index is 13.2. The predicted molar refractivity (Wildman–Crippen MR) is 141 cm³/mol. The molecule has 0 radical (unpaired) electrons. The van der Waals surface area contributed by atoms with Crippen LogP contribution in [-0.4, -0.2) is 84.9 Å². The van der Waals surface area contributed by atoms with E-state index in [1.54, 1.807) is 63.5 Å². The first-order chi connectivity index (χ1) is 18.4. The van der Waals surface area contributed by atoms with Gasteiger partial charge in [-0.2, -0.15) is 10.2 Å². The second kappa shape index (κ2) is 10.6. The Bertz CT molecular complexity index is 1470. The van der Waals surface area contributed by atoms with Gasteiger partial charge in [0.2, 0.25) is 5.91 Å². The number of nitrogens with zero attached hydrogens (tertiary/aromatic N) is 7. The summed E-state index contributed by atoms with van der Waals surface area (Å²) in [4.78, 5) is 46.9. The quantitative estimate of drug-likeness (QED) is 0.401. The first kappa shape index (κ1) is 25.4. The summed E-state index contributed by atoms with van der Waals surface area (Å²) in [6.07, 6.45) is 4.45. The predicted octanol–water partition coefficient (Wildman–Crippen LogP) is 3.08. The van der Waals surface area contributed by atoms with Crippen molar-refractivity contribution in [3.05, 3.63) is 53.4 Å². The molecule has 1 saturated heterocycles. The average molecular weight is 537 g/mol. The van der Waals surface area contributed by atoms with Gasteiger partial charge in [0.15, 0.2) is 5.65 Å². The van der Waals surface area contributed by atoms with Gasteiger partial charge < -0.3 is 19.9 Å². The van der Waals surface area contributed by atoms with Crippen LogP contribution in [-0.2, 0) is 9.53 Å². The highest BCUT2D eigenvalue weighted by molar-refractivity contribution is 7.13. The Morgan fingerprint density at radius 2 is 1.92 bits per heavy atom. The van der Waals surface area contributed by atoms with Crippen LogP contribution in [0, 0.1) is 6.92 Å². The summed E-state index contributed by atoms with van der Waals surface area (Å²) in [5.74, 6) is -0.477. The molecule has 0 spiro atoms. The lowest BCUT2D eigenvalue weighted by molar-refractivity contribution is -0.136. The summed E-state index contributed by atoms with van der Waals surface area (Å²) in [6, 6.07) is 5.22. The molecule has 3 amide bonds. The Morgan fingerprint density at radius 1 is 1.16 bits per heavy atom. The van der Waals surface area contributed by atoms with Crippen molar-refractivity contribution < 1.29 is 19.1 Å². The maximum absolute atomic E-state index is 13.2. The van der Waals surface area contributed by atoms with Gasteiger partial charge >= 0.3 is 6.09 Å². The molecule has 0 aliphatic carbocycles. The zero-order chi connectivity index (χ0) is 26.8. The fraction of sp³-hybridized carbons (Fsp3) is 0.360. The van der Waals surface area contributed by atoms with Crippen LogP contribution in [0.15, 0.2) is 42.2 Å². The second-order valence-electron chi connectivity index (χ2n) is 8.85. The number of carbonyl (C=O) groups excluding carboxylic acids is 3. The molecule has 38 heavy (non-hydrogen) atoms. The van der Waals surface area contributed by atoms with Gasteiger partial charge in [0.1, 0.15) is 11.6 Å². The molecule has 1 atom stereocenters. The van der Waals surface area contributed by atoms with E-state index in [-0.39, 0.29) is 17.9 Å². The highest BCUT2D eigenvalue weighted by atomic mass is 32.1. The van der Waals surface area contributed by atoms with Crippen molar-refractivity contribution in [2.45, 2.75) is 26.8 Å². The molecule has 5 heterocycles. The molecule has 1 fully saturated rings. The molecular formula is C25H28N8O4S. The molecule has 1 N–H and O–H groups in total. The number of aromatic nitrogens is 5. The Morgan fingerprint density at radius 3 is 2.63 bits per heavy atom. The number of hydrogen-bond acceptors (Lipinski definition) is 8. The fourth-order valence-corrected chi connectivity index (χ4v) is 5.09. The van der Waals surface area contributed by atoms with E-state index >= 15 is 0 Å². The Hall–Kier alpha value is -4.26. The number of nitrogens with one attached hydrogen (secondary N) is 1. The number of hydrogen-bond donors (Lipinski definition) is 1. The lowest BCUT2D eigenvalue weighted by Gasteiger charge is -2.35. The van der Waals surface area contributed by atoms with Crippen LogP contribution in [0.1, 0.15) is 35.9 Å². The van der Waals surface area contributed by atoms with Gasteiger partial charge in [0, 0.05) is 38.6 Å². The highest BCUT2D eigenvalue weighted by Gasteiger charge is 2.29. The van der Waals surface area contributed by atoms with E-state index in [1.165, 1.54) is 6.20 Å². The normalized spacial score (nSPS) is 14.5. The second-order valence-corrected chi connectivity index (χ2v) is 9.80. The zero-order valence-corrected chi connectivity index (χ0v) is 22.1. The van der Waals surface area contributed by atoms with Crippen molar-refractivity contribution in [3.63, 3.8) is 0 Å². The van der Waals surface area contributed by atoms with E-state index < -0.39 is 6.04 Å². The summed E-state index contributed by atoms with van der Waals surface area (Å²) in [6.45, 7) is 7.28. The van der Waals surface area contributed by atoms with E-state index in [2.05, 4.69) is 20.5 Å². The third-order valence-corrected chi connectivity index (χ3v) is 7.35. The Balaban J connectivity index is 1.27. The SMILES string of the molecule is CCOC(=O)N1CCN(C(=O)C(C)n2cc(NC(=O)c3cnn4c(-c5cccs5)ccnc34)c(C)n2)CC1. The van der Waals surface area contributed by atoms with Crippen molar-refractivity contribution in [2.24, 2.45) is 0 Å². The summed E-state index contributed by atoms with van der Waals surface area (Å²) in [5.41, 5.74) is 2.70. The third-order valence-electron chi connectivity index (χ3n) is 6.46. The lowest BCUT2D eigenvalue weighted by Crippen LogP contribution is -2.52. The standard InChI is InChI=1S/C25H28N8O4S/c1-4-37-25(36)31-11-9-30(10-12-31)24(35)17(3)32-15-19(16(2)29-32)28-23(34)18-14-27-33-20(7-8-26-22(18)33)21-6-5-13-38-21/h5-8,13-15,17H,4,9-12H2,1-3H3,(H,28,34). The van der Waals surface area contributed by atoms with Gasteiger partial charge in [-0.1, -0.05) is 6.07 Å². The molecule has 0 bridgehead atoms. The largest absolute Gasteiger partial charge is 0.450 e. The van der Waals surface area contributed by atoms with Crippen molar-refractivity contribution >= 4 is 40.6 Å². The van der Waals surface area contributed by atoms with Crippen molar-refractivity contribution in [2.75, 3.05) is 38.1 Å². The minimum atomic E-state index is -0.583. The van der Waals surface area contributed by atoms with Crippen LogP contribution in [0.3, 0.4) is 0 Å². The number of aryl methyl sites for hydroxylation is 1. The molecule has 1 unspecified atom stereocenters. The minimum absolute atomic E-state index is 0.109. The lowest BCUT2D eigenvalue weighted by atomic mass is 10.2. The first-order valence-corrected chi connectivity index (χ1v) is 13.2. The molecule has 1 aliphatic rings. The molecule has 0 saturated carbocycles. The van der Waals surface area contributed by atoms with E-state index in [9.17, 15) is 14.4 Å². The number of thiophene rings is 1. The summed E-state index contributed by atoms with van der Waals surface area (Å²) < 4.78 is 8.24. The van der Waals surface area contributed by atoms with Crippen molar-refractivity contribution in [3.8, 4) is 10.6 Å². The zero-order valence-electron chi connectivity index (χ0n) is 21.3. The molecule has 5 rings (SSSR count). The van der Waals surface area contributed by atoms with Crippen molar-refractivity contribution in [1.29, 1.82) is 0 Å². The van der Waals surface area contributed by atoms with Crippen LogP contribution >= 0.6 is 11.3 Å². The van der Waals surface area contributed by atoms with Crippen LogP contribution < -0.4 is 5.32 Å². The van der Waals surface area contributed by atoms with Gasteiger partial charge in [0.25, 0.3) is 5.91 Å². The number of carbonyl (C=O) groups is 3. The van der Waals surface area contributed by atoms with Gasteiger partial charge in [-0.15, -0.1) is 11.3 Å². The molecular weight excluding hydrogens is 508 g/mol. The topological polar surface area (TPSA) is 127 Å². The molecule has 4 aromatic rings. The van der Waals surface area contributed by atoms with E-state index in [4.69, 9.17) is 4.74 Å². The van der Waals surface area contributed by atoms with Crippen molar-refractivity contribution in [1.82, 2.24) is 34.2 Å². The number of anilines is 1. The molecule has 0 aromatic carbocycles. The smallest absolute Gasteiger partial charge is 0.409 e. The van der Waals surface area contributed by atoms with Crippen LogP contribution in [0.25, 0.3) is 16.2 Å². The number of amides is 3. The van der Waals surface area contributed by atoms with Gasteiger partial charge in [-0.3, -0.25) is 14.3 Å². The maximum Gasteiger partial charge on any atom is 0.409 e. The van der Waals surface area contributed by atoms with Crippen LogP contribution in [0.5, 0.6) is 0 Å². The molecule has 198 valence electrons. The Kier molecular flexibility index (Phi) is 7.09. The third kappa shape index (κ3) is 4.84. The van der Waals surface area contributed by atoms with E-state index in [0.717, 1.165) is 10.6 Å². The number of rotatable bonds is 6. The number of piperazine rings is 1. The first-order valence-electron chi connectivity index (χ1n) is 12.3. The summed E-state index contributed by atoms with van der Waals surface area (Å²) in [7, 11) is 0. The number of ether oxygens (including phenoxy) is 1. The fourth-order valence-electron chi connectivity index (χ4n) is 4.36. The van der Waals surface area contributed by atoms with Gasteiger partial charge in [-0.25, -0.2) is 14.3 Å². The molecule has 13 heteroatoms. The van der Waals surface area contributed by atoms with Crippen LogP contribution in [0.4, 0.5) is 10.5 Å². The van der Waals surface area contributed by atoms with Gasteiger partial charge in [-0.05, 0) is 38.3 Å². The summed E-state index contributed by atoms with van der Waals surface area (Å²) >= 11 is 1.58. The number of fused-ring (bicyclic) bond motifs is 1. The monoisotopic (exact) mass is 536 g/mol. The summed E-state index contributed by atoms with van der Waals surface area (Å²) in [5, 5.41) is 13.7. The van der Waals surface area contributed by atoms with E-state index in [0.29, 0.717) is 55.4 Å². The van der Waals surface area contributed by atoms with E-state index in [1.807, 2.05) is 23.6 Å². The highest BCUT2D eigenvalue weighted by Crippen LogP contribution is 2.26. The Labute approximate surface area is 222 Å².